The van der Waals surface area contributed by atoms with E-state index in [0.29, 0.717) is 6.04 Å². The second kappa shape index (κ2) is 12.1. The quantitative estimate of drug-likeness (QED) is 0.478. The molecule has 0 amide bonds. The van der Waals surface area contributed by atoms with Crippen molar-refractivity contribution < 1.29 is 0 Å². The van der Waals surface area contributed by atoms with Gasteiger partial charge in [-0.05, 0) is 58.8 Å². The van der Waals surface area contributed by atoms with Crippen molar-refractivity contribution >= 4 is 0 Å². The van der Waals surface area contributed by atoms with Crippen molar-refractivity contribution in [3.63, 3.8) is 0 Å². The molecule has 0 radical (unpaired) electrons. The van der Waals surface area contributed by atoms with Crippen molar-refractivity contribution in [1.29, 1.82) is 0 Å². The van der Waals surface area contributed by atoms with Gasteiger partial charge in [-0.3, -0.25) is 14.8 Å². The van der Waals surface area contributed by atoms with E-state index in [1.165, 1.54) is 41.3 Å². The van der Waals surface area contributed by atoms with Gasteiger partial charge in [0.15, 0.2) is 0 Å². The van der Waals surface area contributed by atoms with Crippen molar-refractivity contribution in [3.05, 3.63) is 59.0 Å². The number of hydrogen-bond donors (Lipinski definition) is 0. The van der Waals surface area contributed by atoms with Crippen LogP contribution in [0.5, 0.6) is 0 Å². The number of hydrogen-bond acceptors (Lipinski definition) is 5. The van der Waals surface area contributed by atoms with E-state index >= 15 is 0 Å². The fourth-order valence-corrected chi connectivity index (χ4v) is 4.91. The zero-order valence-electron chi connectivity index (χ0n) is 20.9. The van der Waals surface area contributed by atoms with Crippen LogP contribution in [-0.4, -0.2) is 69.5 Å². The molecule has 0 N–H and O–H groups in total. The van der Waals surface area contributed by atoms with Crippen molar-refractivity contribution in [3.8, 4) is 12.8 Å². The molecule has 2 aromatic rings. The highest BCUT2D eigenvalue weighted by Gasteiger charge is 2.26. The molecule has 2 aromatic heterocycles. The molecule has 178 valence electrons. The summed E-state index contributed by atoms with van der Waals surface area (Å²) in [6.45, 7) is 10.7. The lowest BCUT2D eigenvalue weighted by atomic mass is 9.91. The Kier molecular flexibility index (Phi) is 9.25. The van der Waals surface area contributed by atoms with Gasteiger partial charge in [-0.1, -0.05) is 18.2 Å². The maximum atomic E-state index is 5.13. The number of piperazine rings is 1. The number of aryl methyl sites for hydroxylation is 1. The van der Waals surface area contributed by atoms with E-state index in [1.54, 1.807) is 0 Å². The number of imidazole rings is 1. The Morgan fingerprint density at radius 3 is 2.70 bits per heavy atom. The van der Waals surface area contributed by atoms with Gasteiger partial charge < -0.3 is 9.47 Å². The van der Waals surface area contributed by atoms with Crippen LogP contribution < -0.4 is 0 Å². The van der Waals surface area contributed by atoms with Crippen LogP contribution in [0.15, 0.2) is 30.5 Å². The SMILES string of the molecule is C#C.C/C=C\Cc1nc(CN(C)[C@H]2CCCc3cccnc32)c(C)n1CN1CCN(C)CC1. The molecule has 2 aliphatic rings. The van der Waals surface area contributed by atoms with Crippen LogP contribution in [0.2, 0.25) is 0 Å². The van der Waals surface area contributed by atoms with Gasteiger partial charge in [0, 0.05) is 51.0 Å². The number of nitrogens with zero attached hydrogens (tertiary/aromatic N) is 6. The molecule has 33 heavy (non-hydrogen) atoms. The van der Waals surface area contributed by atoms with E-state index in [1.807, 2.05) is 6.20 Å². The molecule has 4 rings (SSSR count). The second-order valence-corrected chi connectivity index (χ2v) is 9.19. The highest BCUT2D eigenvalue weighted by atomic mass is 15.3. The monoisotopic (exact) mass is 448 g/mol. The fourth-order valence-electron chi connectivity index (χ4n) is 4.91. The van der Waals surface area contributed by atoms with E-state index in [0.717, 1.165) is 52.2 Å². The molecule has 0 bridgehead atoms. The molecule has 6 nitrogen and oxygen atoms in total. The van der Waals surface area contributed by atoms with Crippen LogP contribution in [0, 0.1) is 19.8 Å². The van der Waals surface area contributed by atoms with Crippen LogP contribution in [0.25, 0.3) is 0 Å². The summed E-state index contributed by atoms with van der Waals surface area (Å²) in [7, 11) is 4.45. The number of pyridine rings is 1. The predicted octanol–water partition coefficient (Wildman–Crippen LogP) is 3.67. The Labute approximate surface area is 200 Å². The summed E-state index contributed by atoms with van der Waals surface area (Å²) in [5.41, 5.74) is 5.19. The largest absolute Gasteiger partial charge is 0.318 e. The minimum absolute atomic E-state index is 0.381. The van der Waals surface area contributed by atoms with Gasteiger partial charge in [-0.15, -0.1) is 12.8 Å². The van der Waals surface area contributed by atoms with Crippen molar-refractivity contribution in [2.24, 2.45) is 0 Å². The Morgan fingerprint density at radius 2 is 1.97 bits per heavy atom. The van der Waals surface area contributed by atoms with Gasteiger partial charge in [0.05, 0.1) is 24.1 Å². The first-order valence-electron chi connectivity index (χ1n) is 12.1. The molecule has 1 atom stereocenters. The first-order valence-corrected chi connectivity index (χ1v) is 12.1. The smallest absolute Gasteiger partial charge is 0.114 e. The molecule has 1 fully saturated rings. The second-order valence-electron chi connectivity index (χ2n) is 9.19. The Balaban J connectivity index is 0.00000149. The average molecular weight is 449 g/mol. The molecule has 0 spiro atoms. The summed E-state index contributed by atoms with van der Waals surface area (Å²) in [5, 5.41) is 0. The number of likely N-dealkylation sites (N-methyl/N-ethyl adjacent to an activating group) is 1. The molecule has 1 aliphatic carbocycles. The van der Waals surface area contributed by atoms with E-state index < -0.39 is 0 Å². The summed E-state index contributed by atoms with van der Waals surface area (Å²) in [4.78, 5) is 17.3. The lowest BCUT2D eigenvalue weighted by Crippen LogP contribution is -2.45. The zero-order chi connectivity index (χ0) is 23.8. The highest BCUT2D eigenvalue weighted by Crippen LogP contribution is 2.33. The number of fused-ring (bicyclic) bond motifs is 1. The van der Waals surface area contributed by atoms with Gasteiger partial charge in [-0.2, -0.15) is 0 Å². The molecule has 3 heterocycles. The van der Waals surface area contributed by atoms with Gasteiger partial charge >= 0.3 is 0 Å². The van der Waals surface area contributed by atoms with Crippen LogP contribution in [0.1, 0.15) is 54.3 Å². The fraction of sp³-hybridized carbons (Fsp3) is 0.556. The molecule has 0 saturated carbocycles. The highest BCUT2D eigenvalue weighted by molar-refractivity contribution is 5.26. The lowest BCUT2D eigenvalue weighted by Gasteiger charge is -2.33. The topological polar surface area (TPSA) is 40.4 Å². The first kappa shape index (κ1) is 25.2. The van der Waals surface area contributed by atoms with E-state index in [4.69, 9.17) is 9.97 Å². The number of rotatable bonds is 7. The molecule has 6 heteroatoms. The molecule has 1 saturated heterocycles. The summed E-state index contributed by atoms with van der Waals surface area (Å²) in [5.74, 6) is 1.18. The summed E-state index contributed by atoms with van der Waals surface area (Å²) < 4.78 is 2.45. The van der Waals surface area contributed by atoms with Crippen LogP contribution in [0.3, 0.4) is 0 Å². The van der Waals surface area contributed by atoms with Crippen molar-refractivity contribution in [2.45, 2.75) is 58.8 Å². The summed E-state index contributed by atoms with van der Waals surface area (Å²) >= 11 is 0. The number of terminal acetylenes is 1. The van der Waals surface area contributed by atoms with Gasteiger partial charge in [-0.25, -0.2) is 4.98 Å². The Morgan fingerprint density at radius 1 is 1.21 bits per heavy atom. The molecular weight excluding hydrogens is 408 g/mol. The standard InChI is InChI=1S/C25H38N6.C2H2/c1-5-6-12-24-27-22(20(2)31(24)19-30-16-14-28(3)15-17-30)18-29(4)23-11-7-9-21-10-8-13-26-25(21)23;1-2/h5-6,8,10,13,23H,7,9,11-12,14-19H2,1-4H3;1-2H/b6-5-;/t23-;/m0./s1. The van der Waals surface area contributed by atoms with Crippen LogP contribution >= 0.6 is 0 Å². The van der Waals surface area contributed by atoms with Gasteiger partial charge in [0.25, 0.3) is 0 Å². The molecule has 0 aromatic carbocycles. The molecule has 1 aliphatic heterocycles. The first-order chi connectivity index (χ1) is 16.1. The maximum Gasteiger partial charge on any atom is 0.114 e. The predicted molar refractivity (Wildman–Crippen MR) is 136 cm³/mol. The van der Waals surface area contributed by atoms with Crippen LogP contribution in [0.4, 0.5) is 0 Å². The van der Waals surface area contributed by atoms with E-state index in [2.05, 4.69) is 84.3 Å². The number of aromatic nitrogens is 3. The third kappa shape index (κ3) is 6.11. The summed E-state index contributed by atoms with van der Waals surface area (Å²) in [6, 6.07) is 4.69. The van der Waals surface area contributed by atoms with Crippen LogP contribution in [-0.2, 0) is 26.1 Å². The summed E-state index contributed by atoms with van der Waals surface area (Å²) in [6.07, 6.45) is 18.7. The van der Waals surface area contributed by atoms with Gasteiger partial charge in [0.1, 0.15) is 5.82 Å². The minimum Gasteiger partial charge on any atom is -0.318 e. The Bertz CT molecular complexity index is 935. The zero-order valence-corrected chi connectivity index (χ0v) is 20.9. The normalized spacial score (nSPS) is 19.4. The third-order valence-electron chi connectivity index (χ3n) is 6.97. The molecular formula is C27H40N6. The molecule has 0 unspecified atom stereocenters. The van der Waals surface area contributed by atoms with Crippen molar-refractivity contribution in [1.82, 2.24) is 29.2 Å². The number of allylic oxidation sites excluding steroid dienone is 2. The van der Waals surface area contributed by atoms with E-state index in [-0.39, 0.29) is 0 Å². The van der Waals surface area contributed by atoms with E-state index in [9.17, 15) is 0 Å². The lowest BCUT2D eigenvalue weighted by molar-refractivity contribution is 0.123. The van der Waals surface area contributed by atoms with Crippen molar-refractivity contribution in [2.75, 3.05) is 40.3 Å². The average Bonchev–Trinajstić information content (AvgIpc) is 3.13. The third-order valence-corrected chi connectivity index (χ3v) is 6.97. The maximum absolute atomic E-state index is 5.13. The van der Waals surface area contributed by atoms with Gasteiger partial charge in [0.2, 0.25) is 0 Å². The Hall–Kier alpha value is -2.46. The minimum atomic E-state index is 0.381.